The second-order valence-electron chi connectivity index (χ2n) is 8.33. The third kappa shape index (κ3) is 4.91. The molecule has 1 aromatic heterocycles. The smallest absolute Gasteiger partial charge is 0.121 e. The molecule has 0 spiro atoms. The Morgan fingerprint density at radius 2 is 1.21 bits per heavy atom. The number of hydrogen-bond donors (Lipinski definition) is 0. The molecule has 0 bridgehead atoms. The standard InChI is InChI=1S/C28H27N3.C2H6/c1-22(2)18-23(19-29)27-20-31(21-30-27)28(24-12-6-3-7-13-24,25-14-8-4-9-15-25)26-16-10-5-11-17-26;1-2/h3-17,20-23H,18H2,1-2H3;1-2H3. The van der Waals surface area contributed by atoms with Gasteiger partial charge in [-0.3, -0.25) is 0 Å². The first kappa shape index (κ1) is 24.0. The number of benzene rings is 3. The van der Waals surface area contributed by atoms with E-state index in [2.05, 4.69) is 103 Å². The van der Waals surface area contributed by atoms with E-state index in [1.54, 1.807) is 0 Å². The van der Waals surface area contributed by atoms with Crippen LogP contribution in [0.4, 0.5) is 0 Å². The number of nitrogens with zero attached hydrogens (tertiary/aromatic N) is 3. The fraction of sp³-hybridized carbons (Fsp3) is 0.267. The van der Waals surface area contributed by atoms with Crippen LogP contribution in [0.25, 0.3) is 0 Å². The van der Waals surface area contributed by atoms with E-state index in [0.717, 1.165) is 28.8 Å². The van der Waals surface area contributed by atoms with Gasteiger partial charge >= 0.3 is 0 Å². The van der Waals surface area contributed by atoms with Crippen molar-refractivity contribution in [3.05, 3.63) is 126 Å². The molecule has 33 heavy (non-hydrogen) atoms. The van der Waals surface area contributed by atoms with Crippen molar-refractivity contribution in [1.82, 2.24) is 9.55 Å². The zero-order valence-corrected chi connectivity index (χ0v) is 20.0. The van der Waals surface area contributed by atoms with Crippen LogP contribution in [0.15, 0.2) is 104 Å². The Hall–Kier alpha value is -3.64. The molecule has 0 radical (unpaired) electrons. The molecule has 0 saturated carbocycles. The van der Waals surface area contributed by atoms with Crippen LogP contribution < -0.4 is 0 Å². The maximum Gasteiger partial charge on any atom is 0.121 e. The van der Waals surface area contributed by atoms with E-state index >= 15 is 0 Å². The molecule has 0 amide bonds. The monoisotopic (exact) mass is 435 g/mol. The summed E-state index contributed by atoms with van der Waals surface area (Å²) in [5, 5.41) is 9.79. The van der Waals surface area contributed by atoms with Gasteiger partial charge < -0.3 is 4.57 Å². The van der Waals surface area contributed by atoms with Crippen molar-refractivity contribution in [1.29, 1.82) is 5.26 Å². The predicted molar refractivity (Wildman–Crippen MR) is 136 cm³/mol. The molecule has 0 aliphatic carbocycles. The molecule has 4 aromatic rings. The number of imidazole rings is 1. The van der Waals surface area contributed by atoms with Crippen LogP contribution in [0.5, 0.6) is 0 Å². The Labute approximate surface area is 198 Å². The third-order valence-corrected chi connectivity index (χ3v) is 5.78. The van der Waals surface area contributed by atoms with Crippen LogP contribution in [0, 0.1) is 17.2 Å². The summed E-state index contributed by atoms with van der Waals surface area (Å²) in [6.45, 7) is 8.28. The summed E-state index contributed by atoms with van der Waals surface area (Å²) in [5.41, 5.74) is 3.67. The van der Waals surface area contributed by atoms with Crippen molar-refractivity contribution >= 4 is 0 Å². The van der Waals surface area contributed by atoms with Gasteiger partial charge in [0.2, 0.25) is 0 Å². The van der Waals surface area contributed by atoms with E-state index in [1.165, 1.54) is 0 Å². The van der Waals surface area contributed by atoms with Gasteiger partial charge in [-0.05, 0) is 29.0 Å². The molecule has 0 N–H and O–H groups in total. The summed E-state index contributed by atoms with van der Waals surface area (Å²) in [7, 11) is 0. The Kier molecular flexibility index (Phi) is 8.22. The molecule has 0 saturated heterocycles. The molecular weight excluding hydrogens is 402 g/mol. The van der Waals surface area contributed by atoms with Gasteiger partial charge in [0, 0.05) is 6.20 Å². The van der Waals surface area contributed by atoms with E-state index in [-0.39, 0.29) is 5.92 Å². The quantitative estimate of drug-likeness (QED) is 0.284. The number of rotatable bonds is 7. The van der Waals surface area contributed by atoms with Gasteiger partial charge in [-0.25, -0.2) is 4.98 Å². The van der Waals surface area contributed by atoms with Gasteiger partial charge in [0.1, 0.15) is 5.54 Å². The molecular formula is C30H33N3. The van der Waals surface area contributed by atoms with Crippen molar-refractivity contribution < 1.29 is 0 Å². The van der Waals surface area contributed by atoms with Gasteiger partial charge in [0.25, 0.3) is 0 Å². The lowest BCUT2D eigenvalue weighted by atomic mass is 9.76. The largest absolute Gasteiger partial charge is 0.319 e. The average Bonchev–Trinajstić information content (AvgIpc) is 3.36. The second kappa shape index (κ2) is 11.3. The molecule has 1 atom stereocenters. The fourth-order valence-electron chi connectivity index (χ4n) is 4.40. The summed E-state index contributed by atoms with van der Waals surface area (Å²) >= 11 is 0. The van der Waals surface area contributed by atoms with Crippen LogP contribution in [0.3, 0.4) is 0 Å². The molecule has 3 aromatic carbocycles. The summed E-state index contributed by atoms with van der Waals surface area (Å²) in [6, 6.07) is 34.0. The normalized spacial score (nSPS) is 11.9. The lowest BCUT2D eigenvalue weighted by molar-refractivity contribution is 0.512. The highest BCUT2D eigenvalue weighted by atomic mass is 15.1. The minimum Gasteiger partial charge on any atom is -0.319 e. The molecule has 3 nitrogen and oxygen atoms in total. The minimum atomic E-state index is -0.590. The van der Waals surface area contributed by atoms with Crippen molar-refractivity contribution in [3.63, 3.8) is 0 Å². The first-order chi connectivity index (χ1) is 16.2. The molecule has 168 valence electrons. The van der Waals surface area contributed by atoms with Crippen LogP contribution in [0.1, 0.15) is 62.4 Å². The summed E-state index contributed by atoms with van der Waals surface area (Å²) in [4.78, 5) is 4.72. The van der Waals surface area contributed by atoms with E-state index in [0.29, 0.717) is 5.92 Å². The van der Waals surface area contributed by atoms with Crippen LogP contribution in [-0.2, 0) is 5.54 Å². The lowest BCUT2D eigenvalue weighted by Crippen LogP contribution is -2.37. The summed E-state index contributed by atoms with van der Waals surface area (Å²) in [6.07, 6.45) is 4.73. The van der Waals surface area contributed by atoms with Crippen molar-refractivity contribution in [2.24, 2.45) is 5.92 Å². The molecule has 4 rings (SSSR count). The molecule has 1 heterocycles. The zero-order chi connectivity index (χ0) is 23.7. The molecule has 0 fully saturated rings. The van der Waals surface area contributed by atoms with E-state index in [4.69, 9.17) is 4.98 Å². The highest BCUT2D eigenvalue weighted by Crippen LogP contribution is 2.41. The fourth-order valence-corrected chi connectivity index (χ4v) is 4.40. The number of aromatic nitrogens is 2. The maximum absolute atomic E-state index is 9.79. The Morgan fingerprint density at radius 1 is 0.788 bits per heavy atom. The first-order valence-corrected chi connectivity index (χ1v) is 11.8. The number of nitriles is 1. The molecule has 0 aliphatic rings. The molecule has 1 unspecified atom stereocenters. The van der Waals surface area contributed by atoms with E-state index in [1.807, 2.05) is 38.4 Å². The van der Waals surface area contributed by atoms with Crippen molar-refractivity contribution in [2.45, 2.75) is 45.6 Å². The Bertz CT molecular complexity index is 1040. The summed E-state index contributed by atoms with van der Waals surface area (Å²) < 4.78 is 2.17. The summed E-state index contributed by atoms with van der Waals surface area (Å²) in [5.74, 6) is 0.207. The molecule has 3 heteroatoms. The lowest BCUT2D eigenvalue weighted by Gasteiger charge is -2.37. The third-order valence-electron chi connectivity index (χ3n) is 5.78. The highest BCUT2D eigenvalue weighted by molar-refractivity contribution is 5.50. The average molecular weight is 436 g/mol. The van der Waals surface area contributed by atoms with Crippen molar-refractivity contribution in [3.8, 4) is 6.07 Å². The zero-order valence-electron chi connectivity index (χ0n) is 20.0. The van der Waals surface area contributed by atoms with Gasteiger partial charge in [-0.1, -0.05) is 119 Å². The second-order valence-corrected chi connectivity index (χ2v) is 8.33. The van der Waals surface area contributed by atoms with Gasteiger partial charge in [-0.15, -0.1) is 0 Å². The van der Waals surface area contributed by atoms with E-state index in [9.17, 15) is 5.26 Å². The first-order valence-electron chi connectivity index (χ1n) is 11.8. The SMILES string of the molecule is CC.CC(C)CC(C#N)c1cn(C(c2ccccc2)(c2ccccc2)c2ccccc2)cn1. The minimum absolute atomic E-state index is 0.221. The van der Waals surface area contributed by atoms with Crippen LogP contribution in [0.2, 0.25) is 0 Å². The van der Waals surface area contributed by atoms with Crippen molar-refractivity contribution in [2.75, 3.05) is 0 Å². The predicted octanol–water partition coefficient (Wildman–Crippen LogP) is 7.40. The van der Waals surface area contributed by atoms with Gasteiger partial charge in [-0.2, -0.15) is 5.26 Å². The molecule has 0 aliphatic heterocycles. The Morgan fingerprint density at radius 3 is 1.58 bits per heavy atom. The topological polar surface area (TPSA) is 41.6 Å². The maximum atomic E-state index is 9.79. The van der Waals surface area contributed by atoms with Crippen LogP contribution in [-0.4, -0.2) is 9.55 Å². The van der Waals surface area contributed by atoms with Gasteiger partial charge in [0.15, 0.2) is 0 Å². The number of hydrogen-bond acceptors (Lipinski definition) is 2. The Balaban J connectivity index is 0.00000149. The van der Waals surface area contributed by atoms with E-state index < -0.39 is 5.54 Å². The van der Waals surface area contributed by atoms with Gasteiger partial charge in [0.05, 0.1) is 24.0 Å². The highest BCUT2D eigenvalue weighted by Gasteiger charge is 2.38. The van der Waals surface area contributed by atoms with Crippen LogP contribution >= 0.6 is 0 Å².